The summed E-state index contributed by atoms with van der Waals surface area (Å²) in [7, 11) is 0. The first-order valence-electron chi connectivity index (χ1n) is 13.1. The molecule has 2 amide bonds. The van der Waals surface area contributed by atoms with E-state index in [1.165, 1.54) is 18.4 Å². The molecule has 0 saturated carbocycles. The zero-order valence-electron chi connectivity index (χ0n) is 23.3. The number of rotatable bonds is 3. The number of nitrogens with two attached hydrogens (primary N) is 1. The Morgan fingerprint density at radius 3 is 2.54 bits per heavy atom. The normalized spacial score (nSPS) is 26.8. The fourth-order valence-corrected chi connectivity index (χ4v) is 4.56. The van der Waals surface area contributed by atoms with Crippen molar-refractivity contribution in [1.82, 2.24) is 0 Å². The van der Waals surface area contributed by atoms with E-state index in [9.17, 15) is 24.9 Å². The first-order chi connectivity index (χ1) is 18.3. The number of aliphatic imine (C=N–C) groups is 1. The molecule has 5 atom stereocenters. The number of nitrogens with one attached hydrogen (secondary N) is 1. The van der Waals surface area contributed by atoms with Crippen molar-refractivity contribution >= 4 is 29.6 Å². The van der Waals surface area contributed by atoms with Crippen LogP contribution >= 0.6 is 0 Å². The molecule has 5 unspecified atom stereocenters. The minimum absolute atomic E-state index is 0.00950. The molecule has 9 nitrogen and oxygen atoms in total. The van der Waals surface area contributed by atoms with Gasteiger partial charge in [0, 0.05) is 35.3 Å². The van der Waals surface area contributed by atoms with Crippen LogP contribution in [0.15, 0.2) is 59.2 Å². The average molecular weight is 540 g/mol. The van der Waals surface area contributed by atoms with Gasteiger partial charge in [-0.2, -0.15) is 0 Å². The zero-order chi connectivity index (χ0) is 29.3. The Labute approximate surface area is 230 Å². The van der Waals surface area contributed by atoms with Gasteiger partial charge in [0.15, 0.2) is 0 Å². The summed E-state index contributed by atoms with van der Waals surface area (Å²) in [5, 5.41) is 35.3. The van der Waals surface area contributed by atoms with Crippen molar-refractivity contribution in [3.05, 3.63) is 59.7 Å². The molecular formula is C30H41N3O6. The molecule has 1 aliphatic rings. The highest BCUT2D eigenvalue weighted by Crippen LogP contribution is 2.44. The number of aliphatic hydroxyl groups is 1. The van der Waals surface area contributed by atoms with Gasteiger partial charge in [0.05, 0.1) is 11.8 Å². The Balaban J connectivity index is 2.57. The molecule has 2 bridgehead atoms. The molecule has 0 radical (unpaired) electrons. The Morgan fingerprint density at radius 1 is 1.21 bits per heavy atom. The number of aromatic hydroxyl groups is 2. The predicted molar refractivity (Wildman–Crippen MR) is 154 cm³/mol. The van der Waals surface area contributed by atoms with Crippen LogP contribution < -0.4 is 11.1 Å². The number of ether oxygens (including phenoxy) is 1. The van der Waals surface area contributed by atoms with Crippen molar-refractivity contribution < 1.29 is 29.6 Å². The second-order valence-corrected chi connectivity index (χ2v) is 10.3. The highest BCUT2D eigenvalue weighted by molar-refractivity contribution is 6.04. The molecule has 0 aliphatic carbocycles. The molecule has 6 N–H and O–H groups in total. The van der Waals surface area contributed by atoms with E-state index < -0.39 is 24.2 Å². The van der Waals surface area contributed by atoms with Crippen molar-refractivity contribution in [2.24, 2.45) is 28.5 Å². The van der Waals surface area contributed by atoms with Crippen LogP contribution in [-0.4, -0.2) is 45.7 Å². The number of hydrogen-bond acceptors (Lipinski definition) is 7. The van der Waals surface area contributed by atoms with Crippen LogP contribution in [0.5, 0.6) is 11.5 Å². The minimum Gasteiger partial charge on any atom is -0.506 e. The lowest BCUT2D eigenvalue weighted by Gasteiger charge is -2.24. The summed E-state index contributed by atoms with van der Waals surface area (Å²) >= 11 is 0. The number of phenols is 2. The van der Waals surface area contributed by atoms with Gasteiger partial charge >= 0.3 is 6.09 Å². The molecule has 0 fully saturated rings. The number of phenolic OH excluding ortho intramolecular Hbond substituents is 2. The number of carbonyl (C=O) groups is 2. The summed E-state index contributed by atoms with van der Waals surface area (Å²) < 4.78 is 5.38. The number of carbonyl (C=O) groups excluding carboxylic acids is 2. The van der Waals surface area contributed by atoms with Crippen LogP contribution in [-0.2, 0) is 16.0 Å². The molecular weight excluding hydrogens is 498 g/mol. The second-order valence-electron chi connectivity index (χ2n) is 10.3. The molecule has 1 aliphatic heterocycles. The average Bonchev–Trinajstić information content (AvgIpc) is 2.87. The van der Waals surface area contributed by atoms with E-state index >= 15 is 0 Å². The van der Waals surface area contributed by atoms with Gasteiger partial charge in [0.25, 0.3) is 5.91 Å². The van der Waals surface area contributed by atoms with Gasteiger partial charge in [-0.05, 0) is 44.6 Å². The van der Waals surface area contributed by atoms with Crippen LogP contribution in [0, 0.1) is 17.8 Å². The van der Waals surface area contributed by atoms with Gasteiger partial charge < -0.3 is 31.1 Å². The fourth-order valence-electron chi connectivity index (χ4n) is 4.56. The van der Waals surface area contributed by atoms with Gasteiger partial charge in [-0.3, -0.25) is 9.79 Å². The van der Waals surface area contributed by atoms with Crippen molar-refractivity contribution in [1.29, 1.82) is 0 Å². The Kier molecular flexibility index (Phi) is 11.5. The predicted octanol–water partition coefficient (Wildman–Crippen LogP) is 5.44. The van der Waals surface area contributed by atoms with Crippen LogP contribution in [0.2, 0.25) is 0 Å². The highest BCUT2D eigenvalue weighted by Gasteiger charge is 2.24. The number of hydrogen-bond donors (Lipinski definition) is 5. The monoisotopic (exact) mass is 539 g/mol. The summed E-state index contributed by atoms with van der Waals surface area (Å²) in [6, 6.07) is 1.26. The molecule has 1 aromatic carbocycles. The SMILES string of the molecule is C=CC=Nc1c(O)cc2c(O)c1CC(C)CCC(O)C(C)C=C(C)C(OC(N)=O)C(C)C=C/C=C(\C)C(=O)N2. The lowest BCUT2D eigenvalue weighted by atomic mass is 9.89. The maximum absolute atomic E-state index is 12.9. The van der Waals surface area contributed by atoms with Gasteiger partial charge in [-0.15, -0.1) is 0 Å². The Morgan fingerprint density at radius 2 is 1.90 bits per heavy atom. The second kappa shape index (κ2) is 14.3. The number of primary amides is 1. The first kappa shape index (κ1) is 31.4. The van der Waals surface area contributed by atoms with Crippen LogP contribution in [0.1, 0.15) is 53.0 Å². The number of aliphatic hydroxyl groups excluding tert-OH is 1. The maximum atomic E-state index is 12.9. The van der Waals surface area contributed by atoms with Gasteiger partial charge in [-0.1, -0.05) is 57.7 Å². The maximum Gasteiger partial charge on any atom is 0.405 e. The van der Waals surface area contributed by atoms with Crippen LogP contribution in [0.25, 0.3) is 0 Å². The van der Waals surface area contributed by atoms with Crippen molar-refractivity contribution in [3.63, 3.8) is 0 Å². The number of amides is 2. The van der Waals surface area contributed by atoms with Gasteiger partial charge in [-0.25, -0.2) is 4.79 Å². The van der Waals surface area contributed by atoms with Crippen molar-refractivity contribution in [2.45, 2.75) is 66.1 Å². The lowest BCUT2D eigenvalue weighted by molar-refractivity contribution is -0.112. The standard InChI is InChI=1S/C30H41N3O6/c1-7-13-32-26-22-14-17(2)11-12-24(34)20(5)15-21(6)28(39-30(31)38)18(3)9-8-10-19(4)29(37)33-23(27(22)36)16-25(26)35/h7-10,13,15-18,20,24,28,34-36H,1,11-12,14H2,2-6H3,(H2,31,38)(H,33,37)/b9-8?,19-10+,21-15?,32-13?. The molecule has 1 aromatic rings. The zero-order valence-corrected chi connectivity index (χ0v) is 23.3. The molecule has 9 heteroatoms. The third-order valence-electron chi connectivity index (χ3n) is 6.84. The summed E-state index contributed by atoms with van der Waals surface area (Å²) in [6.07, 6.45) is 9.02. The molecule has 39 heavy (non-hydrogen) atoms. The first-order valence-corrected chi connectivity index (χ1v) is 13.1. The third-order valence-corrected chi connectivity index (χ3v) is 6.84. The molecule has 0 saturated heterocycles. The van der Waals surface area contributed by atoms with Crippen LogP contribution in [0.3, 0.4) is 0 Å². The molecule has 2 rings (SSSR count). The van der Waals surface area contributed by atoms with E-state index in [1.807, 2.05) is 33.8 Å². The Hall–Kier alpha value is -3.85. The van der Waals surface area contributed by atoms with E-state index in [0.717, 1.165) is 5.57 Å². The summed E-state index contributed by atoms with van der Waals surface area (Å²) in [5.74, 6) is -1.37. The van der Waals surface area contributed by atoms with E-state index in [4.69, 9.17) is 10.5 Å². The number of anilines is 1. The van der Waals surface area contributed by atoms with Gasteiger partial charge in [0.2, 0.25) is 0 Å². The number of nitrogens with zero attached hydrogens (tertiary/aromatic N) is 1. The minimum atomic E-state index is -0.902. The summed E-state index contributed by atoms with van der Waals surface area (Å²) in [6.45, 7) is 12.8. The largest absolute Gasteiger partial charge is 0.506 e. The Bertz CT molecular complexity index is 1180. The summed E-state index contributed by atoms with van der Waals surface area (Å²) in [5.41, 5.74) is 7.05. The van der Waals surface area contributed by atoms with E-state index in [1.54, 1.807) is 25.2 Å². The number of allylic oxidation sites excluding steroid dienone is 3. The smallest absolute Gasteiger partial charge is 0.405 e. The van der Waals surface area contributed by atoms with Crippen LogP contribution in [0.4, 0.5) is 16.2 Å². The fraction of sp³-hybridized carbons (Fsp3) is 0.433. The molecule has 0 spiro atoms. The van der Waals surface area contributed by atoms with E-state index in [2.05, 4.69) is 16.9 Å². The molecule has 1 heterocycles. The quantitative estimate of drug-likeness (QED) is 0.149. The van der Waals surface area contributed by atoms with Gasteiger partial charge in [0.1, 0.15) is 23.3 Å². The highest BCUT2D eigenvalue weighted by atomic mass is 16.6. The number of benzene rings is 1. The van der Waals surface area contributed by atoms with E-state index in [0.29, 0.717) is 30.4 Å². The lowest BCUT2D eigenvalue weighted by Crippen LogP contribution is -2.29. The van der Waals surface area contributed by atoms with E-state index in [-0.39, 0.29) is 40.6 Å². The van der Waals surface area contributed by atoms with Crippen molar-refractivity contribution in [2.75, 3.05) is 5.32 Å². The van der Waals surface area contributed by atoms with Crippen molar-refractivity contribution in [3.8, 4) is 11.5 Å². The summed E-state index contributed by atoms with van der Waals surface area (Å²) in [4.78, 5) is 28.7. The molecule has 212 valence electrons. The third kappa shape index (κ3) is 8.85. The topological polar surface area (TPSA) is 154 Å². The number of fused-ring (bicyclic) bond motifs is 2. The molecule has 0 aromatic heterocycles.